The van der Waals surface area contributed by atoms with E-state index in [4.69, 9.17) is 10.5 Å². The van der Waals surface area contributed by atoms with Crippen LogP contribution in [-0.2, 0) is 4.74 Å². The zero-order valence-corrected chi connectivity index (χ0v) is 10.1. The molecule has 0 aliphatic rings. The first kappa shape index (κ1) is 14.2. The van der Waals surface area contributed by atoms with E-state index in [1.165, 1.54) is 0 Å². The molecule has 0 saturated heterocycles. The zero-order chi connectivity index (χ0) is 11.9. The van der Waals surface area contributed by atoms with Crippen LogP contribution in [0.2, 0.25) is 0 Å². The first-order valence-electron chi connectivity index (χ1n) is 5.29. The molecule has 0 heterocycles. The number of carbonyl (C=O) groups is 1. The Bertz CT molecular complexity index is 190. The average Bonchev–Trinajstić information content (AvgIpc) is 2.09. The topological polar surface area (TPSA) is 76.4 Å². The van der Waals surface area contributed by atoms with Crippen molar-refractivity contribution in [2.75, 3.05) is 19.6 Å². The van der Waals surface area contributed by atoms with Gasteiger partial charge in [-0.2, -0.15) is 0 Å². The van der Waals surface area contributed by atoms with E-state index in [0.29, 0.717) is 13.1 Å². The lowest BCUT2D eigenvalue weighted by Gasteiger charge is -2.21. The number of likely N-dealkylation sites (N-methyl/N-ethyl adjacent to an activating group) is 1. The Kier molecular flexibility index (Phi) is 6.27. The summed E-state index contributed by atoms with van der Waals surface area (Å²) >= 11 is 0. The SMILES string of the molecule is CCNC(CN)CNC(=O)OC(C)(C)C. The first-order valence-corrected chi connectivity index (χ1v) is 5.29. The minimum Gasteiger partial charge on any atom is -0.444 e. The van der Waals surface area contributed by atoms with E-state index < -0.39 is 11.7 Å². The molecule has 0 bridgehead atoms. The van der Waals surface area contributed by atoms with Gasteiger partial charge in [0, 0.05) is 19.1 Å². The van der Waals surface area contributed by atoms with Crippen molar-refractivity contribution in [2.45, 2.75) is 39.3 Å². The Morgan fingerprint density at radius 1 is 1.47 bits per heavy atom. The molecule has 0 aromatic carbocycles. The normalized spacial score (nSPS) is 13.4. The van der Waals surface area contributed by atoms with Crippen molar-refractivity contribution in [3.63, 3.8) is 0 Å². The summed E-state index contributed by atoms with van der Waals surface area (Å²) in [6.07, 6.45) is -0.404. The van der Waals surface area contributed by atoms with Gasteiger partial charge in [0.15, 0.2) is 0 Å². The third-order valence-corrected chi connectivity index (χ3v) is 1.67. The Labute approximate surface area is 91.7 Å². The summed E-state index contributed by atoms with van der Waals surface area (Å²) in [5.74, 6) is 0. The lowest BCUT2D eigenvalue weighted by Crippen LogP contribution is -2.46. The van der Waals surface area contributed by atoms with Crippen LogP contribution in [0.25, 0.3) is 0 Å². The molecule has 1 atom stereocenters. The summed E-state index contributed by atoms with van der Waals surface area (Å²) in [5.41, 5.74) is 5.06. The number of amides is 1. The maximum Gasteiger partial charge on any atom is 0.407 e. The highest BCUT2D eigenvalue weighted by Crippen LogP contribution is 2.06. The second kappa shape index (κ2) is 6.63. The number of rotatable bonds is 5. The van der Waals surface area contributed by atoms with Crippen molar-refractivity contribution in [3.05, 3.63) is 0 Å². The van der Waals surface area contributed by atoms with Crippen LogP contribution in [0.5, 0.6) is 0 Å². The minimum absolute atomic E-state index is 0.0996. The fraction of sp³-hybridized carbons (Fsp3) is 0.900. The van der Waals surface area contributed by atoms with Gasteiger partial charge in [0.1, 0.15) is 5.60 Å². The molecule has 1 amide bonds. The molecular weight excluding hydrogens is 194 g/mol. The number of hydrogen-bond donors (Lipinski definition) is 3. The molecule has 0 aromatic heterocycles. The van der Waals surface area contributed by atoms with Crippen molar-refractivity contribution in [1.82, 2.24) is 10.6 Å². The smallest absolute Gasteiger partial charge is 0.407 e. The van der Waals surface area contributed by atoms with Gasteiger partial charge in [0.05, 0.1) is 0 Å². The van der Waals surface area contributed by atoms with Crippen LogP contribution in [0.1, 0.15) is 27.7 Å². The molecule has 4 N–H and O–H groups in total. The molecule has 0 fully saturated rings. The number of ether oxygens (including phenoxy) is 1. The summed E-state index contributed by atoms with van der Waals surface area (Å²) in [5, 5.41) is 5.83. The predicted octanol–water partition coefficient (Wildman–Crippen LogP) is 0.448. The molecule has 0 aromatic rings. The molecule has 1 unspecified atom stereocenters. The van der Waals surface area contributed by atoms with E-state index in [9.17, 15) is 4.79 Å². The van der Waals surface area contributed by atoms with Gasteiger partial charge in [0.2, 0.25) is 0 Å². The molecule has 0 rings (SSSR count). The summed E-state index contributed by atoms with van der Waals surface area (Å²) < 4.78 is 5.09. The summed E-state index contributed by atoms with van der Waals surface area (Å²) in [6.45, 7) is 9.29. The highest BCUT2D eigenvalue weighted by atomic mass is 16.6. The third-order valence-electron chi connectivity index (χ3n) is 1.67. The molecule has 0 aliphatic carbocycles. The number of alkyl carbamates (subject to hydrolysis) is 1. The van der Waals surface area contributed by atoms with Crippen LogP contribution in [0.15, 0.2) is 0 Å². The van der Waals surface area contributed by atoms with E-state index in [-0.39, 0.29) is 6.04 Å². The van der Waals surface area contributed by atoms with E-state index in [2.05, 4.69) is 10.6 Å². The highest BCUT2D eigenvalue weighted by Gasteiger charge is 2.16. The quantitative estimate of drug-likeness (QED) is 0.625. The molecule has 0 spiro atoms. The summed E-state index contributed by atoms with van der Waals surface area (Å²) in [4.78, 5) is 11.3. The Morgan fingerprint density at radius 2 is 2.07 bits per heavy atom. The van der Waals surface area contributed by atoms with Crippen LogP contribution >= 0.6 is 0 Å². The number of carbonyl (C=O) groups excluding carboxylic acids is 1. The average molecular weight is 217 g/mol. The Morgan fingerprint density at radius 3 is 2.47 bits per heavy atom. The second-order valence-electron chi connectivity index (χ2n) is 4.37. The monoisotopic (exact) mass is 217 g/mol. The van der Waals surface area contributed by atoms with Gasteiger partial charge in [-0.3, -0.25) is 0 Å². The van der Waals surface area contributed by atoms with Gasteiger partial charge >= 0.3 is 6.09 Å². The van der Waals surface area contributed by atoms with Gasteiger partial charge in [0.25, 0.3) is 0 Å². The van der Waals surface area contributed by atoms with Gasteiger partial charge in [-0.1, -0.05) is 6.92 Å². The number of hydrogen-bond acceptors (Lipinski definition) is 4. The van der Waals surface area contributed by atoms with Crippen LogP contribution in [-0.4, -0.2) is 37.4 Å². The maximum absolute atomic E-state index is 11.3. The maximum atomic E-state index is 11.3. The predicted molar refractivity (Wildman–Crippen MR) is 60.8 cm³/mol. The van der Waals surface area contributed by atoms with E-state index >= 15 is 0 Å². The van der Waals surface area contributed by atoms with E-state index in [0.717, 1.165) is 6.54 Å². The van der Waals surface area contributed by atoms with Crippen LogP contribution in [0.3, 0.4) is 0 Å². The molecule has 90 valence electrons. The van der Waals surface area contributed by atoms with Crippen molar-refractivity contribution < 1.29 is 9.53 Å². The Hall–Kier alpha value is -0.810. The van der Waals surface area contributed by atoms with Crippen molar-refractivity contribution >= 4 is 6.09 Å². The molecule has 0 radical (unpaired) electrons. The molecule has 5 heteroatoms. The third kappa shape index (κ3) is 8.20. The van der Waals surface area contributed by atoms with E-state index in [1.54, 1.807) is 0 Å². The van der Waals surface area contributed by atoms with Crippen LogP contribution in [0.4, 0.5) is 4.79 Å². The van der Waals surface area contributed by atoms with Crippen molar-refractivity contribution in [3.8, 4) is 0 Å². The van der Waals surface area contributed by atoms with Gasteiger partial charge in [-0.05, 0) is 27.3 Å². The Balaban J connectivity index is 3.78. The molecule has 0 aliphatic heterocycles. The standard InChI is InChI=1S/C10H23N3O2/c1-5-12-8(6-11)7-13-9(14)15-10(2,3)4/h8,12H,5-7,11H2,1-4H3,(H,13,14). The largest absolute Gasteiger partial charge is 0.444 e. The minimum atomic E-state index is -0.458. The van der Waals surface area contributed by atoms with E-state index in [1.807, 2.05) is 27.7 Å². The lowest BCUT2D eigenvalue weighted by molar-refractivity contribution is 0.0523. The van der Waals surface area contributed by atoms with Crippen molar-refractivity contribution in [2.24, 2.45) is 5.73 Å². The number of nitrogens with one attached hydrogen (secondary N) is 2. The lowest BCUT2D eigenvalue weighted by atomic mass is 10.2. The number of nitrogens with two attached hydrogens (primary N) is 1. The summed E-state index contributed by atoms with van der Waals surface area (Å²) in [6, 6.07) is 0.0996. The fourth-order valence-corrected chi connectivity index (χ4v) is 1.05. The molecular formula is C10H23N3O2. The molecule has 15 heavy (non-hydrogen) atoms. The fourth-order valence-electron chi connectivity index (χ4n) is 1.05. The first-order chi connectivity index (χ1) is 6.89. The zero-order valence-electron chi connectivity index (χ0n) is 10.1. The van der Waals surface area contributed by atoms with Crippen LogP contribution < -0.4 is 16.4 Å². The van der Waals surface area contributed by atoms with Gasteiger partial charge in [-0.15, -0.1) is 0 Å². The van der Waals surface area contributed by atoms with Crippen LogP contribution in [0, 0.1) is 0 Å². The molecule has 5 nitrogen and oxygen atoms in total. The molecule has 0 saturated carbocycles. The highest BCUT2D eigenvalue weighted by molar-refractivity contribution is 5.67. The van der Waals surface area contributed by atoms with Gasteiger partial charge in [-0.25, -0.2) is 4.79 Å². The summed E-state index contributed by atoms with van der Waals surface area (Å²) in [7, 11) is 0. The van der Waals surface area contributed by atoms with Gasteiger partial charge < -0.3 is 21.1 Å². The second-order valence-corrected chi connectivity index (χ2v) is 4.37. The van der Waals surface area contributed by atoms with Crippen molar-refractivity contribution in [1.29, 1.82) is 0 Å².